The fraction of sp³-hybridized carbons (Fsp3) is 0.353. The van der Waals surface area contributed by atoms with Crippen LogP contribution in [0.15, 0.2) is 72.5 Å². The van der Waals surface area contributed by atoms with Gasteiger partial charge in [0, 0.05) is 30.3 Å². The van der Waals surface area contributed by atoms with E-state index in [1.165, 1.54) is 40.7 Å². The Morgan fingerprint density at radius 1 is 1.13 bits per heavy atom. The summed E-state index contributed by atoms with van der Waals surface area (Å²) in [5.41, 5.74) is 10.4. The lowest BCUT2D eigenvalue weighted by Gasteiger charge is -2.49. The number of aryl methyl sites for hydroxylation is 3. The molecule has 1 aromatic heterocycles. The third-order valence-electron chi connectivity index (χ3n) is 8.45. The van der Waals surface area contributed by atoms with Crippen molar-refractivity contribution in [2.45, 2.75) is 58.8 Å². The molecule has 0 radical (unpaired) electrons. The van der Waals surface area contributed by atoms with Crippen molar-refractivity contribution in [3.63, 3.8) is 0 Å². The number of halogens is 1. The van der Waals surface area contributed by atoms with Gasteiger partial charge in [0.15, 0.2) is 0 Å². The van der Waals surface area contributed by atoms with Crippen LogP contribution in [0.4, 0.5) is 5.82 Å². The highest BCUT2D eigenvalue weighted by molar-refractivity contribution is 6.35. The molecule has 2 aliphatic rings. The van der Waals surface area contributed by atoms with Crippen molar-refractivity contribution in [1.29, 1.82) is 5.41 Å². The zero-order valence-electron chi connectivity index (χ0n) is 23.1. The van der Waals surface area contributed by atoms with Crippen molar-refractivity contribution in [3.05, 3.63) is 111 Å². The number of hydrogen-bond acceptors (Lipinski definition) is 3. The first kappa shape index (κ1) is 26.4. The van der Waals surface area contributed by atoms with Crippen LogP contribution in [0.25, 0.3) is 6.08 Å². The summed E-state index contributed by atoms with van der Waals surface area (Å²) in [7, 11) is 0. The Bertz CT molecular complexity index is 1400. The summed E-state index contributed by atoms with van der Waals surface area (Å²) in [4.78, 5) is 6.92. The van der Waals surface area contributed by atoms with Crippen LogP contribution in [-0.2, 0) is 11.8 Å². The molecule has 4 heteroatoms. The summed E-state index contributed by atoms with van der Waals surface area (Å²) < 4.78 is 0. The molecular formula is C34H38ClN3. The number of nitrogens with one attached hydrogen (secondary N) is 1. The molecule has 2 heterocycles. The fourth-order valence-corrected chi connectivity index (χ4v) is 6.39. The largest absolute Gasteiger partial charge is 0.355 e. The van der Waals surface area contributed by atoms with Crippen molar-refractivity contribution in [1.82, 2.24) is 4.98 Å². The molecule has 1 aliphatic heterocycles. The number of rotatable bonds is 9. The summed E-state index contributed by atoms with van der Waals surface area (Å²) in [5.74, 6) is 1.65. The van der Waals surface area contributed by atoms with E-state index in [1.54, 1.807) is 0 Å². The Morgan fingerprint density at radius 2 is 1.89 bits per heavy atom. The SMILES string of the molecule is C=Cc1ccnc(N2CC(C)(c3ccc(CC/C(C(=N)c4c(C)cccc4Cl)=C(/C)C4CC4)cc3C)C2)c1. The van der Waals surface area contributed by atoms with E-state index in [0.29, 0.717) is 16.7 Å². The normalized spacial score (nSPS) is 17.0. The van der Waals surface area contributed by atoms with E-state index in [4.69, 9.17) is 17.0 Å². The van der Waals surface area contributed by atoms with Crippen LogP contribution in [0.5, 0.6) is 0 Å². The summed E-state index contributed by atoms with van der Waals surface area (Å²) in [6.07, 6.45) is 8.00. The maximum Gasteiger partial charge on any atom is 0.129 e. The van der Waals surface area contributed by atoms with Crippen molar-refractivity contribution in [3.8, 4) is 0 Å². The maximum atomic E-state index is 9.13. The molecule has 3 aromatic rings. The minimum Gasteiger partial charge on any atom is -0.355 e. The van der Waals surface area contributed by atoms with Crippen LogP contribution in [0.2, 0.25) is 5.02 Å². The first-order valence-electron chi connectivity index (χ1n) is 13.7. The highest BCUT2D eigenvalue weighted by Gasteiger charge is 2.41. The zero-order chi connectivity index (χ0) is 27.0. The van der Waals surface area contributed by atoms with E-state index in [2.05, 4.69) is 74.5 Å². The average molecular weight is 524 g/mol. The van der Waals surface area contributed by atoms with Gasteiger partial charge in [-0.3, -0.25) is 5.41 Å². The predicted molar refractivity (Wildman–Crippen MR) is 162 cm³/mol. The summed E-state index contributed by atoms with van der Waals surface area (Å²) in [5, 5.41) is 9.81. The van der Waals surface area contributed by atoms with E-state index in [1.807, 2.05) is 30.5 Å². The molecule has 2 aromatic carbocycles. The number of allylic oxidation sites excluding steroid dienone is 2. The number of anilines is 1. The average Bonchev–Trinajstić information content (AvgIpc) is 3.72. The molecule has 0 bridgehead atoms. The van der Waals surface area contributed by atoms with Crippen LogP contribution >= 0.6 is 11.6 Å². The van der Waals surface area contributed by atoms with Crippen molar-refractivity contribution in [2.75, 3.05) is 18.0 Å². The molecule has 0 unspecified atom stereocenters. The Labute approximate surface area is 232 Å². The quantitative estimate of drug-likeness (QED) is 0.285. The fourth-order valence-electron chi connectivity index (χ4n) is 6.07. The standard InChI is InChI=1S/C34H38ClN3/c1-6-25-16-17-37-31(19-25)38-20-34(5,21-38)29-15-11-26(18-23(29)3)10-14-28(24(4)27-12-13-27)33(36)32-22(2)8-7-9-30(32)35/h6-9,11,15-19,27,36H,1,10,12-14,20-21H2,2-5H3/b28-24+,36-33?. The number of aromatic nitrogens is 1. The predicted octanol–water partition coefficient (Wildman–Crippen LogP) is 8.50. The number of nitrogens with zero attached hydrogens (tertiary/aromatic N) is 2. The highest BCUT2D eigenvalue weighted by atomic mass is 35.5. The van der Waals surface area contributed by atoms with E-state index in [0.717, 1.165) is 48.4 Å². The van der Waals surface area contributed by atoms with Gasteiger partial charge in [0.1, 0.15) is 5.82 Å². The Hall–Kier alpha value is -3.17. The molecule has 5 rings (SSSR count). The molecule has 1 saturated heterocycles. The molecule has 3 nitrogen and oxygen atoms in total. The van der Waals surface area contributed by atoms with Crippen LogP contribution in [0.3, 0.4) is 0 Å². The second-order valence-corrected chi connectivity index (χ2v) is 11.9. The number of hydrogen-bond donors (Lipinski definition) is 1. The second kappa shape index (κ2) is 10.5. The Morgan fingerprint density at radius 3 is 2.55 bits per heavy atom. The molecule has 1 saturated carbocycles. The van der Waals surface area contributed by atoms with Gasteiger partial charge in [-0.15, -0.1) is 0 Å². The molecule has 196 valence electrons. The molecule has 1 aliphatic carbocycles. The summed E-state index contributed by atoms with van der Waals surface area (Å²) in [6, 6.07) is 17.0. The molecule has 0 atom stereocenters. The van der Waals surface area contributed by atoms with Crippen molar-refractivity contribution < 1.29 is 0 Å². The lowest BCUT2D eigenvalue weighted by atomic mass is 9.73. The van der Waals surface area contributed by atoms with Gasteiger partial charge < -0.3 is 4.90 Å². The summed E-state index contributed by atoms with van der Waals surface area (Å²) >= 11 is 6.57. The van der Waals surface area contributed by atoms with E-state index >= 15 is 0 Å². The monoisotopic (exact) mass is 523 g/mol. The van der Waals surface area contributed by atoms with E-state index in [9.17, 15) is 0 Å². The third-order valence-corrected chi connectivity index (χ3v) is 8.77. The lowest BCUT2D eigenvalue weighted by Crippen LogP contribution is -2.58. The van der Waals surface area contributed by atoms with Gasteiger partial charge in [0.05, 0.1) is 10.7 Å². The van der Waals surface area contributed by atoms with Gasteiger partial charge in [-0.25, -0.2) is 4.98 Å². The number of pyridine rings is 1. The minimum atomic E-state index is 0.117. The first-order valence-corrected chi connectivity index (χ1v) is 14.1. The van der Waals surface area contributed by atoms with Gasteiger partial charge in [0.2, 0.25) is 0 Å². The second-order valence-electron chi connectivity index (χ2n) is 11.5. The Kier molecular flexibility index (Phi) is 7.33. The zero-order valence-corrected chi connectivity index (χ0v) is 23.8. The van der Waals surface area contributed by atoms with Crippen molar-refractivity contribution in [2.24, 2.45) is 5.92 Å². The van der Waals surface area contributed by atoms with Crippen LogP contribution < -0.4 is 4.90 Å². The van der Waals surface area contributed by atoms with Crippen molar-refractivity contribution >= 4 is 29.2 Å². The first-order chi connectivity index (χ1) is 18.2. The molecule has 0 amide bonds. The van der Waals surface area contributed by atoms with E-state index < -0.39 is 0 Å². The number of benzene rings is 2. The Balaban J connectivity index is 1.31. The van der Waals surface area contributed by atoms with Gasteiger partial charge in [-0.05, 0) is 104 Å². The lowest BCUT2D eigenvalue weighted by molar-refractivity contribution is 0.359. The van der Waals surface area contributed by atoms with Gasteiger partial charge in [-0.2, -0.15) is 0 Å². The van der Waals surface area contributed by atoms with Gasteiger partial charge in [0.25, 0.3) is 0 Å². The molecule has 1 N–H and O–H groups in total. The van der Waals surface area contributed by atoms with Crippen LogP contribution in [0.1, 0.15) is 66.5 Å². The molecule has 0 spiro atoms. The van der Waals surface area contributed by atoms with Crippen LogP contribution in [0, 0.1) is 25.2 Å². The van der Waals surface area contributed by atoms with Gasteiger partial charge >= 0.3 is 0 Å². The smallest absolute Gasteiger partial charge is 0.129 e. The molecular weight excluding hydrogens is 486 g/mol. The summed E-state index contributed by atoms with van der Waals surface area (Å²) in [6.45, 7) is 14.7. The third kappa shape index (κ3) is 5.22. The van der Waals surface area contributed by atoms with E-state index in [-0.39, 0.29) is 5.41 Å². The molecule has 38 heavy (non-hydrogen) atoms. The minimum absolute atomic E-state index is 0.117. The van der Waals surface area contributed by atoms with Crippen LogP contribution in [-0.4, -0.2) is 23.8 Å². The van der Waals surface area contributed by atoms with Gasteiger partial charge in [-0.1, -0.05) is 67.1 Å². The molecule has 2 fully saturated rings. The topological polar surface area (TPSA) is 40.0 Å². The maximum absolute atomic E-state index is 9.13. The highest BCUT2D eigenvalue weighted by Crippen LogP contribution is 2.41.